The van der Waals surface area contributed by atoms with Gasteiger partial charge in [0.05, 0.1) is 43.5 Å². The van der Waals surface area contributed by atoms with Crippen LogP contribution in [0.3, 0.4) is 0 Å². The SMILES string of the molecule is COc1cc(C(=O)NCC(=O)NCc2ccc(COc3ccc(CC([OH2+])NC(=O)[Si])c(N(C)CC(C)C)c3)cc2)ccc1NCC#Cc1cc2c(NC3CCN(C)CC3)cccc2n1CC(F)(F)F. The summed E-state index contributed by atoms with van der Waals surface area (Å²) in [5.74, 6) is 6.42. The Bertz CT molecular complexity index is 2620. The minimum atomic E-state index is -4.45. The lowest BCUT2D eigenvalue weighted by atomic mass is 10.0. The molecule has 1 saturated heterocycles. The quantitative estimate of drug-likeness (QED) is 0.0258. The molecule has 1 unspecified atom stereocenters. The van der Waals surface area contributed by atoms with Crippen molar-refractivity contribution in [2.45, 2.75) is 71.3 Å². The van der Waals surface area contributed by atoms with E-state index in [4.69, 9.17) is 14.6 Å². The number of ether oxygens (including phenoxy) is 2. The minimum Gasteiger partial charge on any atom is -0.495 e. The summed E-state index contributed by atoms with van der Waals surface area (Å²) in [6.45, 7) is 6.14. The highest BCUT2D eigenvalue weighted by Crippen LogP contribution is 2.32. The highest BCUT2D eigenvalue weighted by molar-refractivity contribution is 6.57. The smallest absolute Gasteiger partial charge is 0.406 e. The molecule has 365 valence electrons. The van der Waals surface area contributed by atoms with Crippen molar-refractivity contribution in [1.29, 1.82) is 0 Å². The van der Waals surface area contributed by atoms with Crippen LogP contribution in [0, 0.1) is 17.8 Å². The average molecular weight is 967 g/mol. The van der Waals surface area contributed by atoms with Gasteiger partial charge < -0.3 is 50.2 Å². The zero-order valence-corrected chi connectivity index (χ0v) is 40.6. The lowest BCUT2D eigenvalue weighted by molar-refractivity contribution is -0.140. The molecule has 69 heavy (non-hydrogen) atoms. The Kier molecular flexibility index (Phi) is 18.0. The number of carbonyl (C=O) groups is 3. The van der Waals surface area contributed by atoms with Crippen LogP contribution in [0.4, 0.5) is 35.0 Å². The molecule has 4 aromatic carbocycles. The molecule has 6 rings (SSSR count). The minimum absolute atomic E-state index is 0.0794. The lowest BCUT2D eigenvalue weighted by Crippen LogP contribution is -2.36. The summed E-state index contributed by atoms with van der Waals surface area (Å²) in [5.41, 5.74) is 5.43. The van der Waals surface area contributed by atoms with Crippen LogP contribution in [0.2, 0.25) is 0 Å². The summed E-state index contributed by atoms with van der Waals surface area (Å²) in [4.78, 5) is 41.6. The predicted octanol–water partition coefficient (Wildman–Crippen LogP) is 6.37. The number of fused-ring (bicyclic) bond motifs is 1. The molecule has 0 spiro atoms. The summed E-state index contributed by atoms with van der Waals surface area (Å²) in [5, 5.41) is 23.6. The van der Waals surface area contributed by atoms with Gasteiger partial charge in [0.25, 0.3) is 5.91 Å². The molecular weight excluding hydrogens is 906 g/mol. The van der Waals surface area contributed by atoms with Crippen molar-refractivity contribution in [1.82, 2.24) is 25.4 Å². The number of benzene rings is 4. The Balaban J connectivity index is 0.981. The summed E-state index contributed by atoms with van der Waals surface area (Å²) in [6.07, 6.45) is -3.05. The van der Waals surface area contributed by atoms with E-state index < -0.39 is 30.4 Å². The first-order chi connectivity index (χ1) is 32.9. The second-order valence-corrected chi connectivity index (χ2v) is 18.1. The third kappa shape index (κ3) is 15.4. The number of nitrogens with one attached hydrogen (secondary N) is 5. The Morgan fingerprint density at radius 2 is 1.70 bits per heavy atom. The van der Waals surface area contributed by atoms with Gasteiger partial charge in [-0.3, -0.25) is 19.7 Å². The van der Waals surface area contributed by atoms with Crippen LogP contribution < -0.4 is 41.0 Å². The Hall–Kier alpha value is -6.68. The van der Waals surface area contributed by atoms with Gasteiger partial charge in [-0.2, -0.15) is 13.2 Å². The maximum absolute atomic E-state index is 13.8. The normalized spacial score (nSPS) is 13.6. The fourth-order valence-electron chi connectivity index (χ4n) is 8.17. The van der Waals surface area contributed by atoms with Crippen molar-refractivity contribution < 1.29 is 42.1 Å². The predicted molar refractivity (Wildman–Crippen MR) is 265 cm³/mol. The second-order valence-electron chi connectivity index (χ2n) is 17.6. The molecule has 7 N–H and O–H groups in total. The van der Waals surface area contributed by atoms with Gasteiger partial charge >= 0.3 is 6.18 Å². The number of anilines is 3. The van der Waals surface area contributed by atoms with Gasteiger partial charge in [-0.25, -0.2) is 0 Å². The summed E-state index contributed by atoms with van der Waals surface area (Å²) >= 11 is 0. The first-order valence-electron chi connectivity index (χ1n) is 22.8. The third-order valence-electron chi connectivity index (χ3n) is 11.6. The molecule has 1 aliphatic heterocycles. The molecule has 18 heteroatoms. The molecule has 1 atom stereocenters. The largest absolute Gasteiger partial charge is 0.495 e. The Labute approximate surface area is 404 Å². The maximum Gasteiger partial charge on any atom is 0.406 e. The number of hydrogen-bond acceptors (Lipinski definition) is 9. The van der Waals surface area contributed by atoms with E-state index in [1.165, 1.54) is 17.7 Å². The summed E-state index contributed by atoms with van der Waals surface area (Å²) < 4.78 is 54.2. The molecule has 0 saturated carbocycles. The highest BCUT2D eigenvalue weighted by Gasteiger charge is 2.30. The van der Waals surface area contributed by atoms with E-state index in [9.17, 15) is 27.6 Å². The number of likely N-dealkylation sites (tertiary alicyclic amines) is 1. The first-order valence-corrected chi connectivity index (χ1v) is 23.3. The average Bonchev–Trinajstić information content (AvgIpc) is 3.65. The van der Waals surface area contributed by atoms with Gasteiger partial charge in [-0.05, 0) is 104 Å². The fraction of sp³-hybridized carbons (Fsp3) is 0.392. The maximum atomic E-state index is 13.8. The van der Waals surface area contributed by atoms with Gasteiger partial charge in [0.2, 0.25) is 12.1 Å². The molecule has 0 aliphatic carbocycles. The molecule has 3 amide bonds. The molecule has 1 aromatic heterocycles. The number of methoxy groups -OCH3 is 1. The summed E-state index contributed by atoms with van der Waals surface area (Å²) in [7, 11) is 8.41. The van der Waals surface area contributed by atoms with Crippen molar-refractivity contribution in [2.24, 2.45) is 5.92 Å². The van der Waals surface area contributed by atoms with E-state index in [-0.39, 0.29) is 42.8 Å². The fourth-order valence-corrected chi connectivity index (χ4v) is 8.35. The van der Waals surface area contributed by atoms with Crippen LogP contribution in [0.1, 0.15) is 59.4 Å². The molecule has 0 bridgehead atoms. The standard InChI is InChI=1S/C51H60F3N8O6Si/c1-33(2)30-61(4)45-27-40(17-15-36(45)25-47(63)59-50(66)69)68-31-35-13-11-34(12-14-35)28-56-48(64)29-57-49(65)37-16-18-43(46(24-37)67-5)55-21-7-8-39-26-41-42(58-38-19-22-60(3)23-20-38)9-6-10-44(41)62(39)32-51(52,53)54/h6,9-18,24,26-27,33,38,47,55,58,63H,19-23,25,28-32H2,1-5H3,(H,56,64)(H,57,65)(H,59,66)/p+1. The van der Waals surface area contributed by atoms with E-state index in [0.717, 1.165) is 60.5 Å². The van der Waals surface area contributed by atoms with Gasteiger partial charge in [0.15, 0.2) is 15.8 Å². The van der Waals surface area contributed by atoms with Gasteiger partial charge in [0.1, 0.15) is 24.7 Å². The molecule has 3 radical (unpaired) electrons. The van der Waals surface area contributed by atoms with Crippen LogP contribution in [0.25, 0.3) is 10.9 Å². The number of rotatable bonds is 20. The van der Waals surface area contributed by atoms with E-state index in [1.54, 1.807) is 30.3 Å². The van der Waals surface area contributed by atoms with E-state index in [0.29, 0.717) is 47.0 Å². The van der Waals surface area contributed by atoms with Gasteiger partial charge in [-0.1, -0.05) is 56.2 Å². The summed E-state index contributed by atoms with van der Waals surface area (Å²) in [6, 6.07) is 25.3. The number of aromatic nitrogens is 1. The van der Waals surface area contributed by atoms with Crippen molar-refractivity contribution in [3.8, 4) is 23.3 Å². The number of carbonyl (C=O) groups excluding carboxylic acids is 3. The zero-order valence-electron chi connectivity index (χ0n) is 39.6. The second kappa shape index (κ2) is 24.0. The van der Waals surface area contributed by atoms with Crippen molar-refractivity contribution >= 4 is 55.6 Å². The number of hydrogen-bond donors (Lipinski definition) is 5. The third-order valence-corrected chi connectivity index (χ3v) is 11.7. The molecule has 1 fully saturated rings. The topological polar surface area (TPSA) is 164 Å². The number of alkyl halides is 3. The van der Waals surface area contributed by atoms with Crippen LogP contribution in [0.5, 0.6) is 11.5 Å². The van der Waals surface area contributed by atoms with Crippen molar-refractivity contribution in [3.63, 3.8) is 0 Å². The van der Waals surface area contributed by atoms with E-state index in [2.05, 4.69) is 79.4 Å². The van der Waals surface area contributed by atoms with Crippen molar-refractivity contribution in [3.05, 3.63) is 113 Å². The van der Waals surface area contributed by atoms with Gasteiger partial charge in [-0.15, -0.1) is 0 Å². The van der Waals surface area contributed by atoms with E-state index >= 15 is 0 Å². The number of nitrogens with zero attached hydrogens (tertiary/aromatic N) is 3. The molecular formula is C51H61F3N8O6Si+. The Morgan fingerprint density at radius 1 is 0.957 bits per heavy atom. The van der Waals surface area contributed by atoms with Crippen LogP contribution in [-0.4, -0.2) is 115 Å². The van der Waals surface area contributed by atoms with Gasteiger partial charge in [0, 0.05) is 54.6 Å². The molecule has 2 heterocycles. The van der Waals surface area contributed by atoms with Crippen LogP contribution in [-0.2, 0) is 30.9 Å². The first kappa shape index (κ1) is 51.7. The number of piperidine rings is 1. The molecule has 5 aromatic rings. The number of amides is 3. The zero-order chi connectivity index (χ0) is 49.7. The number of halogens is 3. The lowest BCUT2D eigenvalue weighted by Gasteiger charge is -2.30. The highest BCUT2D eigenvalue weighted by atomic mass is 28.1. The molecule has 1 aliphatic rings. The van der Waals surface area contributed by atoms with E-state index in [1.807, 2.05) is 55.6 Å². The monoisotopic (exact) mass is 966 g/mol. The van der Waals surface area contributed by atoms with Crippen LogP contribution >= 0.6 is 0 Å². The van der Waals surface area contributed by atoms with Crippen molar-refractivity contribution in [2.75, 3.05) is 69.5 Å². The van der Waals surface area contributed by atoms with Crippen LogP contribution in [0.15, 0.2) is 84.9 Å². The Morgan fingerprint density at radius 3 is 2.39 bits per heavy atom. The molecule has 14 nitrogen and oxygen atoms in total.